The minimum absolute atomic E-state index is 0.122. The maximum absolute atomic E-state index is 11.8. The molecule has 0 heterocycles. The first-order chi connectivity index (χ1) is 9.85. The van der Waals surface area contributed by atoms with E-state index in [2.05, 4.69) is 5.32 Å². The largest absolute Gasteiger partial charge is 0.481 e. The second kappa shape index (κ2) is 5.85. The summed E-state index contributed by atoms with van der Waals surface area (Å²) in [5.41, 5.74) is 6.63. The summed E-state index contributed by atoms with van der Waals surface area (Å²) in [7, 11) is 0. The van der Waals surface area contributed by atoms with Gasteiger partial charge in [-0.25, -0.2) is 0 Å². The predicted molar refractivity (Wildman–Crippen MR) is 81.0 cm³/mol. The van der Waals surface area contributed by atoms with E-state index in [1.54, 1.807) is 24.3 Å². The highest BCUT2D eigenvalue weighted by atomic mass is 16.4. The van der Waals surface area contributed by atoms with E-state index in [1.165, 1.54) is 0 Å². The Morgan fingerprint density at radius 2 is 1.86 bits per heavy atom. The zero-order valence-corrected chi connectivity index (χ0v) is 12.4. The number of benzene rings is 1. The van der Waals surface area contributed by atoms with Gasteiger partial charge < -0.3 is 16.2 Å². The third kappa shape index (κ3) is 3.42. The van der Waals surface area contributed by atoms with Gasteiger partial charge in [0, 0.05) is 18.2 Å². The summed E-state index contributed by atoms with van der Waals surface area (Å²) < 4.78 is 0. The fraction of sp³-hybridized carbons (Fsp3) is 0.500. The molecule has 5 nitrogen and oxygen atoms in total. The van der Waals surface area contributed by atoms with E-state index in [9.17, 15) is 14.7 Å². The first kappa shape index (κ1) is 15.5. The van der Waals surface area contributed by atoms with Crippen molar-refractivity contribution in [2.45, 2.75) is 44.6 Å². The van der Waals surface area contributed by atoms with E-state index in [-0.39, 0.29) is 24.3 Å². The molecule has 0 saturated heterocycles. The Balaban J connectivity index is 1.97. The predicted octanol–water partition coefficient (Wildman–Crippen LogP) is 2.11. The number of carbonyl (C=O) groups excluding carboxylic acids is 1. The number of hydrogen-bond acceptors (Lipinski definition) is 3. The van der Waals surface area contributed by atoms with Crippen LogP contribution in [0.4, 0.5) is 5.69 Å². The van der Waals surface area contributed by atoms with Crippen LogP contribution in [0.3, 0.4) is 0 Å². The maximum Gasteiger partial charge on any atom is 0.314 e. The van der Waals surface area contributed by atoms with E-state index >= 15 is 0 Å². The third-order valence-electron chi connectivity index (χ3n) is 4.16. The van der Waals surface area contributed by atoms with Crippen LogP contribution < -0.4 is 11.1 Å². The van der Waals surface area contributed by atoms with Gasteiger partial charge in [-0.2, -0.15) is 0 Å². The second-order valence-corrected chi connectivity index (χ2v) is 6.12. The number of carboxylic acids is 1. The molecule has 0 spiro atoms. The van der Waals surface area contributed by atoms with Crippen molar-refractivity contribution >= 4 is 17.6 Å². The summed E-state index contributed by atoms with van der Waals surface area (Å²) in [6, 6.07) is 6.89. The summed E-state index contributed by atoms with van der Waals surface area (Å²) in [4.78, 5) is 23.1. The number of anilines is 1. The topological polar surface area (TPSA) is 92.4 Å². The molecule has 21 heavy (non-hydrogen) atoms. The molecular weight excluding hydrogens is 268 g/mol. The summed E-state index contributed by atoms with van der Waals surface area (Å²) in [6.07, 6.45) is 1.63. The molecule has 2 rings (SSSR count). The molecule has 1 saturated carbocycles. The number of nitrogens with one attached hydrogen (secondary N) is 1. The summed E-state index contributed by atoms with van der Waals surface area (Å²) in [5.74, 6) is -0.645. The monoisotopic (exact) mass is 290 g/mol. The molecule has 0 aromatic heterocycles. The summed E-state index contributed by atoms with van der Waals surface area (Å²) in [5, 5.41) is 12.0. The minimum Gasteiger partial charge on any atom is -0.481 e. The summed E-state index contributed by atoms with van der Waals surface area (Å²) in [6.45, 7) is 3.96. The highest BCUT2D eigenvalue weighted by Gasteiger charge is 2.51. The molecule has 114 valence electrons. The Hall–Kier alpha value is -1.88. The quantitative estimate of drug-likeness (QED) is 0.748. The molecule has 1 aromatic rings. The molecule has 1 unspecified atom stereocenters. The number of carbonyl (C=O) groups is 2. The number of carboxylic acid groups (broad SMARTS) is 1. The van der Waals surface area contributed by atoms with Gasteiger partial charge in [0.05, 0.1) is 5.41 Å². The number of rotatable bonds is 6. The maximum atomic E-state index is 11.8. The SMILES string of the molecule is CC(C)C(N)CC(=O)Nc1ccc(C2(C(=O)O)CC2)cc1. The fourth-order valence-corrected chi connectivity index (χ4v) is 2.29. The molecule has 4 N–H and O–H groups in total. The van der Waals surface area contributed by atoms with E-state index < -0.39 is 11.4 Å². The first-order valence-electron chi connectivity index (χ1n) is 7.24. The van der Waals surface area contributed by atoms with Crippen LogP contribution in [0.15, 0.2) is 24.3 Å². The average Bonchev–Trinajstić information content (AvgIpc) is 3.20. The zero-order valence-electron chi connectivity index (χ0n) is 12.4. The van der Waals surface area contributed by atoms with Crippen molar-refractivity contribution < 1.29 is 14.7 Å². The number of amides is 1. The molecule has 1 aliphatic rings. The van der Waals surface area contributed by atoms with Crippen LogP contribution in [0, 0.1) is 5.92 Å². The molecule has 1 aliphatic carbocycles. The van der Waals surface area contributed by atoms with Crippen molar-refractivity contribution in [3.05, 3.63) is 29.8 Å². The van der Waals surface area contributed by atoms with Crippen LogP contribution in [0.2, 0.25) is 0 Å². The van der Waals surface area contributed by atoms with Crippen molar-refractivity contribution in [2.75, 3.05) is 5.32 Å². The molecule has 0 bridgehead atoms. The van der Waals surface area contributed by atoms with Gasteiger partial charge in [0.15, 0.2) is 0 Å². The standard InChI is InChI=1S/C16H22N2O3/c1-10(2)13(17)9-14(19)18-12-5-3-11(4-6-12)16(7-8-16)15(20)21/h3-6,10,13H,7-9,17H2,1-2H3,(H,18,19)(H,20,21). The number of hydrogen-bond donors (Lipinski definition) is 3. The highest BCUT2D eigenvalue weighted by molar-refractivity contribution is 5.91. The molecule has 0 aliphatic heterocycles. The van der Waals surface area contributed by atoms with E-state index in [0.29, 0.717) is 18.5 Å². The van der Waals surface area contributed by atoms with Gasteiger partial charge in [-0.15, -0.1) is 0 Å². The second-order valence-electron chi connectivity index (χ2n) is 6.12. The normalized spacial score (nSPS) is 17.3. The van der Waals surface area contributed by atoms with Gasteiger partial charge in [-0.3, -0.25) is 9.59 Å². The van der Waals surface area contributed by atoms with Crippen molar-refractivity contribution in [2.24, 2.45) is 11.7 Å². The lowest BCUT2D eigenvalue weighted by Gasteiger charge is -2.15. The van der Waals surface area contributed by atoms with Crippen LogP contribution >= 0.6 is 0 Å². The molecule has 5 heteroatoms. The van der Waals surface area contributed by atoms with Gasteiger partial charge in [0.25, 0.3) is 0 Å². The smallest absolute Gasteiger partial charge is 0.314 e. The Labute approximate surface area is 124 Å². The van der Waals surface area contributed by atoms with E-state index in [0.717, 1.165) is 5.56 Å². The molecule has 1 amide bonds. The zero-order chi connectivity index (χ0) is 15.6. The van der Waals surface area contributed by atoms with E-state index in [4.69, 9.17) is 5.73 Å². The van der Waals surface area contributed by atoms with Crippen LogP contribution in [-0.2, 0) is 15.0 Å². The lowest BCUT2D eigenvalue weighted by molar-refractivity contribution is -0.140. The lowest BCUT2D eigenvalue weighted by Crippen LogP contribution is -2.31. The number of nitrogens with two attached hydrogens (primary N) is 1. The van der Waals surface area contributed by atoms with Crippen LogP contribution in [0.1, 0.15) is 38.7 Å². The molecule has 0 radical (unpaired) electrons. The van der Waals surface area contributed by atoms with Gasteiger partial charge in [-0.05, 0) is 36.5 Å². The average molecular weight is 290 g/mol. The molecule has 1 atom stereocenters. The van der Waals surface area contributed by atoms with Crippen molar-refractivity contribution in [1.82, 2.24) is 0 Å². The fourth-order valence-electron chi connectivity index (χ4n) is 2.29. The third-order valence-corrected chi connectivity index (χ3v) is 4.16. The Kier molecular flexibility index (Phi) is 4.32. The molecule has 1 fully saturated rings. The number of aliphatic carboxylic acids is 1. The van der Waals surface area contributed by atoms with Crippen LogP contribution in [-0.4, -0.2) is 23.0 Å². The molecular formula is C16H22N2O3. The molecule has 1 aromatic carbocycles. The van der Waals surface area contributed by atoms with Gasteiger partial charge in [-0.1, -0.05) is 26.0 Å². The Morgan fingerprint density at radius 1 is 1.29 bits per heavy atom. The first-order valence-corrected chi connectivity index (χ1v) is 7.24. The van der Waals surface area contributed by atoms with Gasteiger partial charge in [0.1, 0.15) is 0 Å². The lowest BCUT2D eigenvalue weighted by atomic mass is 9.96. The van der Waals surface area contributed by atoms with Crippen LogP contribution in [0.5, 0.6) is 0 Å². The van der Waals surface area contributed by atoms with Crippen molar-refractivity contribution in [3.63, 3.8) is 0 Å². The Morgan fingerprint density at radius 3 is 2.29 bits per heavy atom. The van der Waals surface area contributed by atoms with Gasteiger partial charge in [0.2, 0.25) is 5.91 Å². The minimum atomic E-state index is -0.776. The van der Waals surface area contributed by atoms with Crippen molar-refractivity contribution in [3.8, 4) is 0 Å². The van der Waals surface area contributed by atoms with Gasteiger partial charge >= 0.3 is 5.97 Å². The van der Waals surface area contributed by atoms with Crippen molar-refractivity contribution in [1.29, 1.82) is 0 Å². The Bertz CT molecular complexity index is 533. The highest BCUT2D eigenvalue weighted by Crippen LogP contribution is 2.48. The summed E-state index contributed by atoms with van der Waals surface area (Å²) >= 11 is 0. The van der Waals surface area contributed by atoms with E-state index in [1.807, 2.05) is 13.8 Å². The van der Waals surface area contributed by atoms with Crippen LogP contribution in [0.25, 0.3) is 0 Å².